The van der Waals surface area contributed by atoms with E-state index in [1.165, 1.54) is 6.07 Å². The number of nitro benzene ring substituents is 1. The van der Waals surface area contributed by atoms with Crippen molar-refractivity contribution in [3.8, 4) is 24.0 Å². The third kappa shape index (κ3) is 3.40. The summed E-state index contributed by atoms with van der Waals surface area (Å²) in [5, 5.41) is 54.0. The third-order valence-corrected chi connectivity index (χ3v) is 2.46. The minimum Gasteiger partial charge on any atom is -0.502 e. The summed E-state index contributed by atoms with van der Waals surface area (Å²) in [6, 6.07) is 8.20. The van der Waals surface area contributed by atoms with E-state index in [1.807, 2.05) is 0 Å². The van der Waals surface area contributed by atoms with E-state index in [-0.39, 0.29) is 11.1 Å². The highest BCUT2D eigenvalue weighted by Crippen LogP contribution is 2.27. The van der Waals surface area contributed by atoms with Gasteiger partial charge in [0.05, 0.1) is 28.3 Å². The Morgan fingerprint density at radius 2 is 2.00 bits per heavy atom. The van der Waals surface area contributed by atoms with Gasteiger partial charge in [-0.05, 0) is 17.7 Å². The zero-order chi connectivity index (χ0) is 16.0. The molecule has 1 aromatic rings. The van der Waals surface area contributed by atoms with Crippen molar-refractivity contribution in [3.63, 3.8) is 0 Å². The summed E-state index contributed by atoms with van der Waals surface area (Å²) >= 11 is 0. The first-order valence-electron chi connectivity index (χ1n) is 5.41. The van der Waals surface area contributed by atoms with Crippen molar-refractivity contribution >= 4 is 17.5 Å². The highest BCUT2D eigenvalue weighted by atomic mass is 16.6. The Morgan fingerprint density at radius 1 is 1.38 bits per heavy atom. The zero-order valence-corrected chi connectivity index (χ0v) is 10.4. The highest BCUT2D eigenvalue weighted by molar-refractivity contribution is 6.08. The van der Waals surface area contributed by atoms with Crippen molar-refractivity contribution < 1.29 is 10.0 Å². The second-order valence-corrected chi connectivity index (χ2v) is 3.78. The molecule has 0 aromatic heterocycles. The molecule has 0 bridgehead atoms. The van der Waals surface area contributed by atoms with Crippen molar-refractivity contribution in [1.29, 1.82) is 21.2 Å². The number of allylic oxidation sites excluding steroid dienone is 1. The van der Waals surface area contributed by atoms with Crippen molar-refractivity contribution in [1.82, 2.24) is 0 Å². The molecular weight excluding hydrogens is 274 g/mol. The van der Waals surface area contributed by atoms with Gasteiger partial charge in [-0.15, -0.1) is 0 Å². The Labute approximate surface area is 119 Å². The number of nitro groups is 1. The van der Waals surface area contributed by atoms with Crippen molar-refractivity contribution in [2.45, 2.75) is 0 Å². The molecule has 0 saturated heterocycles. The number of nitriles is 3. The van der Waals surface area contributed by atoms with Crippen molar-refractivity contribution in [2.24, 2.45) is 5.92 Å². The summed E-state index contributed by atoms with van der Waals surface area (Å²) in [6.45, 7) is 0. The normalized spacial score (nSPS) is 10.3. The maximum Gasteiger partial charge on any atom is 0.311 e. The fraction of sp³-hybridized carbons (Fsp3) is 0.0769. The Kier molecular flexibility index (Phi) is 4.73. The van der Waals surface area contributed by atoms with Crippen molar-refractivity contribution in [2.75, 3.05) is 0 Å². The molecule has 8 nitrogen and oxygen atoms in total. The number of nitrogens with zero attached hydrogens (tertiary/aromatic N) is 4. The van der Waals surface area contributed by atoms with E-state index in [1.54, 1.807) is 18.2 Å². The van der Waals surface area contributed by atoms with Crippen LogP contribution in [0.4, 0.5) is 5.69 Å². The molecule has 0 amide bonds. The van der Waals surface area contributed by atoms with E-state index in [9.17, 15) is 15.2 Å². The predicted octanol–water partition coefficient (Wildman–Crippen LogP) is 1.89. The largest absolute Gasteiger partial charge is 0.502 e. The second kappa shape index (κ2) is 6.46. The summed E-state index contributed by atoms with van der Waals surface area (Å²) in [6.07, 6.45) is 1.14. The molecule has 0 radical (unpaired) electrons. The van der Waals surface area contributed by atoms with Crippen LogP contribution in [0.1, 0.15) is 5.56 Å². The van der Waals surface area contributed by atoms with Crippen LogP contribution in [-0.2, 0) is 0 Å². The lowest BCUT2D eigenvalue weighted by Gasteiger charge is -2.02. The molecular formula is C13H7N5O3. The van der Waals surface area contributed by atoms with Gasteiger partial charge in [0.2, 0.25) is 0 Å². The lowest BCUT2D eigenvalue weighted by molar-refractivity contribution is -0.385. The van der Waals surface area contributed by atoms with Gasteiger partial charge < -0.3 is 10.5 Å². The number of benzene rings is 1. The maximum absolute atomic E-state index is 10.7. The fourth-order valence-electron chi connectivity index (χ4n) is 1.43. The molecule has 0 aliphatic rings. The topological polar surface area (TPSA) is 159 Å². The quantitative estimate of drug-likeness (QED) is 0.371. The van der Waals surface area contributed by atoms with Gasteiger partial charge in [-0.1, -0.05) is 6.07 Å². The summed E-state index contributed by atoms with van der Waals surface area (Å²) in [5.74, 6) is -1.93. The molecule has 0 atom stereocenters. The lowest BCUT2D eigenvalue weighted by atomic mass is 9.98. The average molecular weight is 281 g/mol. The van der Waals surface area contributed by atoms with E-state index in [2.05, 4.69) is 0 Å². The average Bonchev–Trinajstić information content (AvgIpc) is 2.47. The first-order valence-corrected chi connectivity index (χ1v) is 5.41. The van der Waals surface area contributed by atoms with Gasteiger partial charge in [0.25, 0.3) is 0 Å². The van der Waals surface area contributed by atoms with Crippen LogP contribution in [0.3, 0.4) is 0 Å². The van der Waals surface area contributed by atoms with Gasteiger partial charge in [0, 0.05) is 6.07 Å². The number of aromatic hydroxyl groups is 1. The van der Waals surface area contributed by atoms with Crippen LogP contribution in [0.15, 0.2) is 23.8 Å². The SMILES string of the molecule is N#C/C(=C\c1ccc(O)c([N+](=O)[O-])c1)C(=N)C(C#N)C#N. The fourth-order valence-corrected chi connectivity index (χ4v) is 1.43. The molecule has 2 N–H and O–H groups in total. The van der Waals surface area contributed by atoms with Crippen LogP contribution < -0.4 is 0 Å². The summed E-state index contributed by atoms with van der Waals surface area (Å²) < 4.78 is 0. The van der Waals surface area contributed by atoms with E-state index in [4.69, 9.17) is 21.2 Å². The van der Waals surface area contributed by atoms with Crippen LogP contribution in [-0.4, -0.2) is 15.7 Å². The number of phenols is 1. The predicted molar refractivity (Wildman–Crippen MR) is 70.8 cm³/mol. The molecule has 21 heavy (non-hydrogen) atoms. The molecule has 0 spiro atoms. The smallest absolute Gasteiger partial charge is 0.311 e. The minimum atomic E-state index is -1.40. The van der Waals surface area contributed by atoms with Gasteiger partial charge >= 0.3 is 5.69 Å². The van der Waals surface area contributed by atoms with E-state index in [0.717, 1.165) is 18.2 Å². The van der Waals surface area contributed by atoms with E-state index >= 15 is 0 Å². The monoisotopic (exact) mass is 281 g/mol. The van der Waals surface area contributed by atoms with Crippen LogP contribution in [0.2, 0.25) is 0 Å². The van der Waals surface area contributed by atoms with Crippen LogP contribution in [0.5, 0.6) is 5.75 Å². The Hall–Kier alpha value is -3.70. The summed E-state index contributed by atoms with van der Waals surface area (Å²) in [7, 11) is 0. The Balaban J connectivity index is 3.29. The zero-order valence-electron chi connectivity index (χ0n) is 10.4. The maximum atomic E-state index is 10.7. The molecule has 8 heteroatoms. The number of hydrogen-bond donors (Lipinski definition) is 2. The van der Waals surface area contributed by atoms with Gasteiger partial charge in [-0.3, -0.25) is 10.1 Å². The number of rotatable bonds is 4. The van der Waals surface area contributed by atoms with Gasteiger partial charge in [0.15, 0.2) is 11.7 Å². The Bertz CT molecular complexity index is 747. The summed E-state index contributed by atoms with van der Waals surface area (Å²) in [5.41, 5.74) is -1.11. The molecule has 0 heterocycles. The molecule has 0 fully saturated rings. The molecule has 1 rings (SSSR count). The van der Waals surface area contributed by atoms with Gasteiger partial charge in [0.1, 0.15) is 6.07 Å². The Morgan fingerprint density at radius 3 is 2.48 bits per heavy atom. The van der Waals surface area contributed by atoms with Crippen LogP contribution in [0, 0.1) is 55.4 Å². The van der Waals surface area contributed by atoms with Crippen molar-refractivity contribution in [3.05, 3.63) is 39.4 Å². The highest BCUT2D eigenvalue weighted by Gasteiger charge is 2.18. The lowest BCUT2D eigenvalue weighted by Crippen LogP contribution is -2.11. The first-order chi connectivity index (χ1) is 9.94. The number of nitrogens with one attached hydrogen (secondary N) is 1. The number of phenolic OH excluding ortho intramolecular Hbond substituents is 1. The van der Waals surface area contributed by atoms with E-state index in [0.29, 0.717) is 0 Å². The molecule has 102 valence electrons. The molecule has 0 aliphatic carbocycles. The van der Waals surface area contributed by atoms with E-state index < -0.39 is 28.0 Å². The molecule has 0 unspecified atom stereocenters. The number of hydrogen-bond acceptors (Lipinski definition) is 7. The van der Waals surface area contributed by atoms with Gasteiger partial charge in [-0.25, -0.2) is 0 Å². The standard InChI is InChI=1S/C13H7N5O3/c14-5-9(13(17)10(6-15)7-16)3-8-1-2-12(19)11(4-8)18(20)21/h1-4,10,17,19H/b9-3+,17-13?. The van der Waals surface area contributed by atoms with Gasteiger partial charge in [-0.2, -0.15) is 15.8 Å². The van der Waals surface area contributed by atoms with Crippen LogP contribution >= 0.6 is 0 Å². The summed E-state index contributed by atoms with van der Waals surface area (Å²) in [4.78, 5) is 9.90. The minimum absolute atomic E-state index is 0.190. The second-order valence-electron chi connectivity index (χ2n) is 3.78. The first kappa shape index (κ1) is 15.4. The molecule has 1 aromatic carbocycles. The third-order valence-electron chi connectivity index (χ3n) is 2.46. The molecule has 0 aliphatic heterocycles. The molecule has 0 saturated carbocycles. The van der Waals surface area contributed by atoms with Crippen LogP contribution in [0.25, 0.3) is 6.08 Å².